The molecule has 0 radical (unpaired) electrons. The summed E-state index contributed by atoms with van der Waals surface area (Å²) in [5.41, 5.74) is 0.692. The van der Waals surface area contributed by atoms with Crippen LogP contribution in [0.3, 0.4) is 0 Å². The van der Waals surface area contributed by atoms with Gasteiger partial charge in [0.25, 0.3) is 0 Å². The maximum atomic E-state index is 15.1. The Balaban J connectivity index is 1.99. The number of benzene rings is 1. The molecule has 0 atom stereocenters. The van der Waals surface area contributed by atoms with E-state index in [-0.39, 0.29) is 10.6 Å². The number of halogens is 2. The Hall–Kier alpha value is -2.97. The molecule has 7 nitrogen and oxygen atoms in total. The fraction of sp³-hybridized carbons (Fsp3) is 0.167. The zero-order valence-corrected chi connectivity index (χ0v) is 15.2. The molecular weight excluding hydrogens is 373 g/mol. The number of hydrogen-bond acceptors (Lipinski definition) is 4. The molecule has 27 heavy (non-hydrogen) atoms. The summed E-state index contributed by atoms with van der Waals surface area (Å²) in [5.74, 6) is -0.310. The minimum Gasteiger partial charge on any atom is -0.386 e. The number of carbonyl (C=O) groups excluding carboxylic acids is 1. The van der Waals surface area contributed by atoms with Crippen molar-refractivity contribution in [1.82, 2.24) is 19.6 Å². The number of H-pyrrole nitrogens is 1. The van der Waals surface area contributed by atoms with Crippen molar-refractivity contribution in [3.8, 4) is 11.1 Å². The molecule has 3 aromatic heterocycles. The van der Waals surface area contributed by atoms with Crippen LogP contribution in [0.25, 0.3) is 27.7 Å². The molecule has 1 amide bonds. The predicted molar refractivity (Wildman–Crippen MR) is 100 cm³/mol. The molecule has 0 saturated carbocycles. The van der Waals surface area contributed by atoms with Crippen molar-refractivity contribution in [2.75, 3.05) is 5.32 Å². The lowest BCUT2D eigenvalue weighted by atomic mass is 9.91. The van der Waals surface area contributed by atoms with Crippen LogP contribution in [0, 0.1) is 5.82 Å². The molecule has 9 heteroatoms. The molecule has 0 fully saturated rings. The van der Waals surface area contributed by atoms with Gasteiger partial charge >= 0.3 is 0 Å². The lowest BCUT2D eigenvalue weighted by Gasteiger charge is -2.21. The fourth-order valence-electron chi connectivity index (χ4n) is 3.24. The van der Waals surface area contributed by atoms with E-state index < -0.39 is 11.4 Å². The second-order valence-corrected chi connectivity index (χ2v) is 7.05. The highest BCUT2D eigenvalue weighted by atomic mass is 35.5. The summed E-state index contributed by atoms with van der Waals surface area (Å²) in [7, 11) is 0. The first-order chi connectivity index (χ1) is 12.8. The van der Waals surface area contributed by atoms with Crippen LogP contribution in [0.4, 0.5) is 10.2 Å². The van der Waals surface area contributed by atoms with Crippen molar-refractivity contribution in [3.63, 3.8) is 0 Å². The third kappa shape index (κ3) is 2.73. The molecule has 0 bridgehead atoms. The monoisotopic (exact) mass is 387 g/mol. The van der Waals surface area contributed by atoms with E-state index in [4.69, 9.17) is 11.6 Å². The zero-order chi connectivity index (χ0) is 19.3. The molecular formula is C18H15ClFN5O2. The number of amides is 1. The van der Waals surface area contributed by atoms with Gasteiger partial charge in [-0.3, -0.25) is 9.89 Å². The van der Waals surface area contributed by atoms with Gasteiger partial charge in [0.2, 0.25) is 6.41 Å². The van der Waals surface area contributed by atoms with E-state index in [1.807, 2.05) is 0 Å². The Morgan fingerprint density at radius 3 is 2.85 bits per heavy atom. The molecule has 0 spiro atoms. The number of imidazole rings is 1. The maximum absolute atomic E-state index is 15.1. The van der Waals surface area contributed by atoms with Crippen LogP contribution in [0.1, 0.15) is 19.4 Å². The average molecular weight is 388 g/mol. The van der Waals surface area contributed by atoms with E-state index in [1.54, 1.807) is 35.1 Å². The number of anilines is 1. The summed E-state index contributed by atoms with van der Waals surface area (Å²) in [6.07, 6.45) is 5.45. The number of aliphatic hydroxyl groups is 1. The quantitative estimate of drug-likeness (QED) is 0.467. The first-order valence-electron chi connectivity index (χ1n) is 8.07. The number of nitrogens with one attached hydrogen (secondary N) is 2. The normalized spacial score (nSPS) is 12.0. The highest BCUT2D eigenvalue weighted by Gasteiger charge is 2.29. The van der Waals surface area contributed by atoms with E-state index in [0.29, 0.717) is 39.9 Å². The van der Waals surface area contributed by atoms with E-state index >= 15 is 4.39 Å². The van der Waals surface area contributed by atoms with Crippen molar-refractivity contribution in [3.05, 3.63) is 47.1 Å². The van der Waals surface area contributed by atoms with Gasteiger partial charge in [-0.25, -0.2) is 9.37 Å². The standard InChI is InChI=1S/C18H15ClFN5O2/c1-18(2,27)14-16(20)15(19)13(10-5-22-24-17(10)14)9-3-4-12-23-11(21-8-26)7-25(12)6-9/h3-8,27H,1-2H3,(H,21,26)(H,22,24). The largest absolute Gasteiger partial charge is 0.386 e. The van der Waals surface area contributed by atoms with Gasteiger partial charge in [-0.1, -0.05) is 11.6 Å². The van der Waals surface area contributed by atoms with Crippen molar-refractivity contribution in [2.24, 2.45) is 0 Å². The Morgan fingerprint density at radius 1 is 1.37 bits per heavy atom. The summed E-state index contributed by atoms with van der Waals surface area (Å²) in [6.45, 7) is 2.97. The number of pyridine rings is 1. The summed E-state index contributed by atoms with van der Waals surface area (Å²) < 4.78 is 16.8. The zero-order valence-electron chi connectivity index (χ0n) is 14.4. The van der Waals surface area contributed by atoms with Gasteiger partial charge in [-0.05, 0) is 26.0 Å². The number of carbonyl (C=O) groups is 1. The number of fused-ring (bicyclic) bond motifs is 2. The number of nitrogens with zero attached hydrogens (tertiary/aromatic N) is 3. The van der Waals surface area contributed by atoms with Crippen LogP contribution >= 0.6 is 11.6 Å². The molecule has 4 aromatic rings. The molecule has 3 heterocycles. The Labute approximate surface area is 157 Å². The molecule has 0 unspecified atom stereocenters. The van der Waals surface area contributed by atoms with Gasteiger partial charge in [0, 0.05) is 28.3 Å². The molecule has 138 valence electrons. The molecule has 0 saturated heterocycles. The van der Waals surface area contributed by atoms with Crippen LogP contribution in [0.2, 0.25) is 5.02 Å². The summed E-state index contributed by atoms with van der Waals surface area (Å²) in [6, 6.07) is 3.49. The summed E-state index contributed by atoms with van der Waals surface area (Å²) in [5, 5.41) is 20.1. The van der Waals surface area contributed by atoms with Crippen molar-refractivity contribution in [2.45, 2.75) is 19.4 Å². The van der Waals surface area contributed by atoms with Crippen molar-refractivity contribution in [1.29, 1.82) is 0 Å². The Kier molecular flexibility index (Phi) is 3.90. The van der Waals surface area contributed by atoms with Crippen LogP contribution in [-0.4, -0.2) is 31.1 Å². The van der Waals surface area contributed by atoms with Crippen LogP contribution < -0.4 is 5.32 Å². The first-order valence-corrected chi connectivity index (χ1v) is 8.45. The molecule has 1 aromatic carbocycles. The summed E-state index contributed by atoms with van der Waals surface area (Å²) >= 11 is 6.37. The third-order valence-electron chi connectivity index (χ3n) is 4.35. The average Bonchev–Trinajstić information content (AvgIpc) is 3.20. The highest BCUT2D eigenvalue weighted by molar-refractivity contribution is 6.35. The topological polar surface area (TPSA) is 95.3 Å². The van der Waals surface area contributed by atoms with Crippen molar-refractivity contribution < 1.29 is 14.3 Å². The van der Waals surface area contributed by atoms with E-state index in [2.05, 4.69) is 20.5 Å². The number of aromatic amines is 1. The van der Waals surface area contributed by atoms with E-state index in [0.717, 1.165) is 0 Å². The van der Waals surface area contributed by atoms with Gasteiger partial charge in [-0.2, -0.15) is 5.10 Å². The predicted octanol–water partition coefficient (Wildman–Crippen LogP) is 3.47. The molecule has 0 aliphatic carbocycles. The highest BCUT2D eigenvalue weighted by Crippen LogP contribution is 2.42. The molecule has 0 aliphatic heterocycles. The smallest absolute Gasteiger partial charge is 0.212 e. The minimum atomic E-state index is -1.44. The van der Waals surface area contributed by atoms with Gasteiger partial charge in [0.15, 0.2) is 11.6 Å². The van der Waals surface area contributed by atoms with Crippen molar-refractivity contribution >= 4 is 40.4 Å². The Morgan fingerprint density at radius 2 is 2.15 bits per heavy atom. The third-order valence-corrected chi connectivity index (χ3v) is 4.70. The molecule has 4 rings (SSSR count). The summed E-state index contributed by atoms with van der Waals surface area (Å²) in [4.78, 5) is 14.8. The lowest BCUT2D eigenvalue weighted by molar-refractivity contribution is -0.105. The minimum absolute atomic E-state index is 0.0601. The fourth-order valence-corrected chi connectivity index (χ4v) is 3.55. The SMILES string of the molecule is CC(C)(O)c1c(F)c(Cl)c(-c2ccc3nc(NC=O)cn3c2)c2cn[nH]c12. The van der Waals surface area contributed by atoms with Crippen LogP contribution in [0.15, 0.2) is 30.7 Å². The van der Waals surface area contributed by atoms with Gasteiger partial charge in [0.1, 0.15) is 5.65 Å². The molecule has 0 aliphatic rings. The van der Waals surface area contributed by atoms with Gasteiger partial charge in [-0.15, -0.1) is 0 Å². The number of hydrogen-bond donors (Lipinski definition) is 3. The number of aromatic nitrogens is 4. The Bertz CT molecular complexity index is 1190. The second kappa shape index (κ2) is 6.04. The van der Waals surface area contributed by atoms with E-state index in [1.165, 1.54) is 13.8 Å². The maximum Gasteiger partial charge on any atom is 0.212 e. The second-order valence-electron chi connectivity index (χ2n) is 6.67. The van der Waals surface area contributed by atoms with Gasteiger partial charge in [0.05, 0.1) is 28.5 Å². The first kappa shape index (κ1) is 17.4. The van der Waals surface area contributed by atoms with E-state index in [9.17, 15) is 9.90 Å². The lowest BCUT2D eigenvalue weighted by Crippen LogP contribution is -2.19. The molecule has 3 N–H and O–H groups in total. The van der Waals surface area contributed by atoms with Crippen LogP contribution in [0.5, 0.6) is 0 Å². The van der Waals surface area contributed by atoms with Crippen LogP contribution in [-0.2, 0) is 10.4 Å². The number of rotatable bonds is 4. The van der Waals surface area contributed by atoms with Gasteiger partial charge < -0.3 is 14.8 Å².